The number of anilines is 2. The predicted octanol–water partition coefficient (Wildman–Crippen LogP) is 2.32. The van der Waals surface area contributed by atoms with E-state index in [2.05, 4.69) is 10.4 Å². The standard InChI is InChI=1S/C10H17F3N4/c1-3-4-7-8(14)9(17(2)16-7)15-6-5-10(11,12)13/h15H,3-6,14H2,1-2H3. The number of nitrogens with two attached hydrogens (primary N) is 1. The first kappa shape index (κ1) is 13.7. The number of nitrogens with zero attached hydrogens (tertiary/aromatic N) is 2. The number of alkyl halides is 3. The van der Waals surface area contributed by atoms with Crippen LogP contribution < -0.4 is 11.1 Å². The van der Waals surface area contributed by atoms with Crippen LogP contribution in [0.25, 0.3) is 0 Å². The Bertz CT molecular complexity index is 370. The van der Waals surface area contributed by atoms with E-state index >= 15 is 0 Å². The third kappa shape index (κ3) is 3.83. The first-order chi connectivity index (χ1) is 7.85. The molecule has 0 aromatic carbocycles. The summed E-state index contributed by atoms with van der Waals surface area (Å²) in [5.41, 5.74) is 6.98. The van der Waals surface area contributed by atoms with Crippen molar-refractivity contribution in [3.63, 3.8) is 0 Å². The Morgan fingerprint density at radius 1 is 1.41 bits per heavy atom. The molecule has 17 heavy (non-hydrogen) atoms. The van der Waals surface area contributed by atoms with E-state index in [4.69, 9.17) is 5.73 Å². The second-order valence-corrected chi connectivity index (χ2v) is 3.87. The predicted molar refractivity (Wildman–Crippen MR) is 60.8 cm³/mol. The highest BCUT2D eigenvalue weighted by molar-refractivity contribution is 5.64. The van der Waals surface area contributed by atoms with Gasteiger partial charge in [-0.25, -0.2) is 0 Å². The van der Waals surface area contributed by atoms with Gasteiger partial charge in [0.1, 0.15) is 5.82 Å². The molecule has 7 heteroatoms. The van der Waals surface area contributed by atoms with E-state index in [1.54, 1.807) is 7.05 Å². The molecule has 0 fully saturated rings. The molecule has 1 aromatic rings. The first-order valence-electron chi connectivity index (χ1n) is 5.47. The molecule has 0 amide bonds. The second kappa shape index (κ2) is 5.29. The van der Waals surface area contributed by atoms with Gasteiger partial charge in [0.25, 0.3) is 0 Å². The third-order valence-electron chi connectivity index (χ3n) is 2.35. The topological polar surface area (TPSA) is 55.9 Å². The van der Waals surface area contributed by atoms with Crippen molar-refractivity contribution in [2.24, 2.45) is 7.05 Å². The van der Waals surface area contributed by atoms with Crippen LogP contribution in [0.3, 0.4) is 0 Å². The number of nitrogens with one attached hydrogen (secondary N) is 1. The zero-order valence-corrected chi connectivity index (χ0v) is 9.93. The van der Waals surface area contributed by atoms with Crippen LogP contribution in [-0.4, -0.2) is 22.5 Å². The Morgan fingerprint density at radius 2 is 2.06 bits per heavy atom. The largest absolute Gasteiger partial charge is 0.394 e. The van der Waals surface area contributed by atoms with Gasteiger partial charge < -0.3 is 11.1 Å². The van der Waals surface area contributed by atoms with Crippen molar-refractivity contribution in [2.45, 2.75) is 32.4 Å². The van der Waals surface area contributed by atoms with Crippen molar-refractivity contribution in [1.82, 2.24) is 9.78 Å². The number of rotatable bonds is 5. The molecule has 0 saturated carbocycles. The van der Waals surface area contributed by atoms with Crippen LogP contribution in [-0.2, 0) is 13.5 Å². The number of hydrogen-bond donors (Lipinski definition) is 2. The third-order valence-corrected chi connectivity index (χ3v) is 2.35. The molecule has 4 nitrogen and oxygen atoms in total. The Morgan fingerprint density at radius 3 is 2.59 bits per heavy atom. The number of aryl methyl sites for hydroxylation is 2. The van der Waals surface area contributed by atoms with Crippen LogP contribution in [0.1, 0.15) is 25.5 Å². The molecule has 0 aliphatic rings. The van der Waals surface area contributed by atoms with Crippen molar-refractivity contribution in [1.29, 1.82) is 0 Å². The van der Waals surface area contributed by atoms with Crippen LogP contribution in [0.15, 0.2) is 0 Å². The number of nitrogen functional groups attached to an aromatic ring is 1. The summed E-state index contributed by atoms with van der Waals surface area (Å²) in [4.78, 5) is 0. The summed E-state index contributed by atoms with van der Waals surface area (Å²) in [6.07, 6.45) is -3.43. The molecule has 0 aliphatic carbocycles. The Hall–Kier alpha value is -1.40. The molecule has 0 aliphatic heterocycles. The van der Waals surface area contributed by atoms with Crippen molar-refractivity contribution in [3.05, 3.63) is 5.69 Å². The highest BCUT2D eigenvalue weighted by atomic mass is 19.4. The molecular formula is C10H17F3N4. The van der Waals surface area contributed by atoms with E-state index in [0.717, 1.165) is 18.5 Å². The number of hydrogen-bond acceptors (Lipinski definition) is 3. The van der Waals surface area contributed by atoms with Gasteiger partial charge in [-0.15, -0.1) is 0 Å². The summed E-state index contributed by atoms with van der Waals surface area (Å²) in [5, 5.41) is 6.83. The highest BCUT2D eigenvalue weighted by Crippen LogP contribution is 2.24. The van der Waals surface area contributed by atoms with E-state index < -0.39 is 12.6 Å². The lowest BCUT2D eigenvalue weighted by Crippen LogP contribution is -2.16. The molecule has 0 bridgehead atoms. The molecule has 1 aromatic heterocycles. The minimum Gasteiger partial charge on any atom is -0.394 e. The molecule has 1 heterocycles. The van der Waals surface area contributed by atoms with E-state index in [0.29, 0.717) is 11.5 Å². The summed E-state index contributed by atoms with van der Waals surface area (Å²) in [6.45, 7) is 1.80. The molecular weight excluding hydrogens is 233 g/mol. The van der Waals surface area contributed by atoms with Gasteiger partial charge >= 0.3 is 6.18 Å². The van der Waals surface area contributed by atoms with Gasteiger partial charge in [-0.05, 0) is 6.42 Å². The zero-order valence-electron chi connectivity index (χ0n) is 9.93. The monoisotopic (exact) mass is 250 g/mol. The average molecular weight is 250 g/mol. The molecule has 0 unspecified atom stereocenters. The number of aromatic nitrogens is 2. The van der Waals surface area contributed by atoms with Gasteiger partial charge in [0.15, 0.2) is 0 Å². The lowest BCUT2D eigenvalue weighted by Gasteiger charge is -2.09. The van der Waals surface area contributed by atoms with E-state index in [-0.39, 0.29) is 6.54 Å². The fraction of sp³-hybridized carbons (Fsp3) is 0.700. The van der Waals surface area contributed by atoms with Crippen LogP contribution in [0.2, 0.25) is 0 Å². The van der Waals surface area contributed by atoms with E-state index in [1.807, 2.05) is 6.92 Å². The minimum absolute atomic E-state index is 0.196. The Balaban J connectivity index is 2.65. The Kier molecular flexibility index (Phi) is 4.25. The molecule has 0 saturated heterocycles. The summed E-state index contributed by atoms with van der Waals surface area (Å²) in [5.74, 6) is 0.456. The van der Waals surface area contributed by atoms with Crippen molar-refractivity contribution < 1.29 is 13.2 Å². The maximum Gasteiger partial charge on any atom is 0.390 e. The van der Waals surface area contributed by atoms with Gasteiger partial charge in [-0.3, -0.25) is 4.68 Å². The van der Waals surface area contributed by atoms with E-state index in [1.165, 1.54) is 4.68 Å². The van der Waals surface area contributed by atoms with Crippen LogP contribution in [0, 0.1) is 0 Å². The maximum absolute atomic E-state index is 12.0. The number of halogens is 3. The van der Waals surface area contributed by atoms with Gasteiger partial charge in [0, 0.05) is 13.6 Å². The molecule has 0 spiro atoms. The average Bonchev–Trinajstić information content (AvgIpc) is 2.44. The summed E-state index contributed by atoms with van der Waals surface area (Å²) >= 11 is 0. The lowest BCUT2D eigenvalue weighted by atomic mass is 10.2. The summed E-state index contributed by atoms with van der Waals surface area (Å²) in [7, 11) is 1.66. The smallest absolute Gasteiger partial charge is 0.390 e. The van der Waals surface area contributed by atoms with Crippen LogP contribution >= 0.6 is 0 Å². The van der Waals surface area contributed by atoms with Gasteiger partial charge in [-0.1, -0.05) is 13.3 Å². The SMILES string of the molecule is CCCc1nn(C)c(NCCC(F)(F)F)c1N. The fourth-order valence-corrected chi connectivity index (χ4v) is 1.55. The fourth-order valence-electron chi connectivity index (χ4n) is 1.55. The first-order valence-corrected chi connectivity index (χ1v) is 5.47. The lowest BCUT2D eigenvalue weighted by molar-refractivity contribution is -0.131. The van der Waals surface area contributed by atoms with E-state index in [9.17, 15) is 13.2 Å². The van der Waals surface area contributed by atoms with Gasteiger partial charge in [0.05, 0.1) is 17.8 Å². The quantitative estimate of drug-likeness (QED) is 0.843. The van der Waals surface area contributed by atoms with Crippen LogP contribution in [0.5, 0.6) is 0 Å². The van der Waals surface area contributed by atoms with Crippen molar-refractivity contribution in [2.75, 3.05) is 17.6 Å². The molecule has 0 atom stereocenters. The molecule has 3 N–H and O–H groups in total. The van der Waals surface area contributed by atoms with Gasteiger partial charge in [0.2, 0.25) is 0 Å². The zero-order chi connectivity index (χ0) is 13.1. The normalized spacial score (nSPS) is 11.8. The maximum atomic E-state index is 12.0. The van der Waals surface area contributed by atoms with Crippen molar-refractivity contribution >= 4 is 11.5 Å². The van der Waals surface area contributed by atoms with Crippen LogP contribution in [0.4, 0.5) is 24.7 Å². The van der Waals surface area contributed by atoms with Gasteiger partial charge in [-0.2, -0.15) is 18.3 Å². The molecule has 0 radical (unpaired) electrons. The van der Waals surface area contributed by atoms with Crippen molar-refractivity contribution in [3.8, 4) is 0 Å². The minimum atomic E-state index is -4.16. The highest BCUT2D eigenvalue weighted by Gasteiger charge is 2.26. The molecule has 1 rings (SSSR count). The second-order valence-electron chi connectivity index (χ2n) is 3.87. The molecule has 98 valence electrons. The Labute approximate surface area is 98.0 Å². The summed E-state index contributed by atoms with van der Waals surface area (Å²) < 4.78 is 37.5. The summed E-state index contributed by atoms with van der Waals surface area (Å²) in [6, 6.07) is 0.